The van der Waals surface area contributed by atoms with Crippen molar-refractivity contribution in [1.82, 2.24) is 4.90 Å². The van der Waals surface area contributed by atoms with Gasteiger partial charge in [0.05, 0.1) is 11.3 Å². The van der Waals surface area contributed by atoms with Crippen molar-refractivity contribution in [3.8, 4) is 0 Å². The van der Waals surface area contributed by atoms with Crippen LogP contribution in [-0.4, -0.2) is 35.3 Å². The first-order valence-electron chi connectivity index (χ1n) is 11.0. The van der Waals surface area contributed by atoms with Crippen molar-refractivity contribution in [2.45, 2.75) is 24.7 Å². The van der Waals surface area contributed by atoms with Crippen LogP contribution in [0.1, 0.15) is 34.3 Å². The minimum Gasteiger partial charge on any atom is -0.385 e. The summed E-state index contributed by atoms with van der Waals surface area (Å²) in [4.78, 5) is 16.5. The van der Waals surface area contributed by atoms with Crippen molar-refractivity contribution in [3.05, 3.63) is 101 Å². The lowest BCUT2D eigenvalue weighted by atomic mass is 9.84. The summed E-state index contributed by atoms with van der Waals surface area (Å²) in [5, 5.41) is 11.6. The molecular weight excluding hydrogens is 439 g/mol. The zero-order chi connectivity index (χ0) is 23.0. The molecule has 2 aliphatic rings. The highest BCUT2D eigenvalue weighted by Crippen LogP contribution is 2.38. The van der Waals surface area contributed by atoms with Crippen LogP contribution in [0.5, 0.6) is 0 Å². The Hall–Kier alpha value is -3.15. The molecule has 33 heavy (non-hydrogen) atoms. The van der Waals surface area contributed by atoms with Crippen LogP contribution in [0.3, 0.4) is 0 Å². The van der Waals surface area contributed by atoms with Gasteiger partial charge in [0.1, 0.15) is 0 Å². The molecule has 3 aromatic carbocycles. The van der Waals surface area contributed by atoms with Gasteiger partial charge in [0.15, 0.2) is 6.30 Å². The minimum atomic E-state index is -1.27. The van der Waals surface area contributed by atoms with Gasteiger partial charge in [-0.15, -0.1) is 0 Å². The number of carbonyl (C=O) groups is 1. The monoisotopic (exact) mass is 462 g/mol. The average Bonchev–Trinajstić information content (AvgIpc) is 2.84. The number of hydrogen-bond donors (Lipinski definition) is 1. The Balaban J connectivity index is 1.30. The van der Waals surface area contributed by atoms with Gasteiger partial charge in [-0.25, -0.2) is 4.39 Å². The van der Waals surface area contributed by atoms with Gasteiger partial charge < -0.3 is 14.9 Å². The Morgan fingerprint density at radius 2 is 1.64 bits per heavy atom. The number of halogens is 2. The van der Waals surface area contributed by atoms with Crippen LogP contribution in [0.4, 0.5) is 15.8 Å². The third kappa shape index (κ3) is 4.03. The number of rotatable bonds is 3. The van der Waals surface area contributed by atoms with Gasteiger partial charge in [-0.2, -0.15) is 0 Å². The van der Waals surface area contributed by atoms with Crippen molar-refractivity contribution in [2.75, 3.05) is 18.0 Å². The maximum absolute atomic E-state index is 14.7. The van der Waals surface area contributed by atoms with Crippen molar-refractivity contribution >= 4 is 35.0 Å². The van der Waals surface area contributed by atoms with Crippen LogP contribution < -0.4 is 4.90 Å². The van der Waals surface area contributed by atoms with Crippen LogP contribution in [0.15, 0.2) is 78.9 Å². The Labute approximate surface area is 197 Å². The van der Waals surface area contributed by atoms with E-state index in [1.807, 2.05) is 42.5 Å². The molecule has 0 spiro atoms. The molecular formula is C27H24ClFN2O2. The molecule has 2 aliphatic heterocycles. The Morgan fingerprint density at radius 3 is 2.36 bits per heavy atom. The summed E-state index contributed by atoms with van der Waals surface area (Å²) >= 11 is 6.29. The highest BCUT2D eigenvalue weighted by atomic mass is 35.5. The van der Waals surface area contributed by atoms with E-state index in [2.05, 4.69) is 0 Å². The second-order valence-corrected chi connectivity index (χ2v) is 8.92. The molecule has 4 nitrogen and oxygen atoms in total. The van der Waals surface area contributed by atoms with Crippen LogP contribution >= 0.6 is 11.6 Å². The van der Waals surface area contributed by atoms with E-state index in [1.54, 1.807) is 46.2 Å². The lowest BCUT2D eigenvalue weighted by Crippen LogP contribution is -2.45. The largest absolute Gasteiger partial charge is 0.385 e. The van der Waals surface area contributed by atoms with E-state index < -0.39 is 11.9 Å². The highest BCUT2D eigenvalue weighted by molar-refractivity contribution is 6.31. The van der Waals surface area contributed by atoms with Crippen LogP contribution in [0.2, 0.25) is 5.02 Å². The lowest BCUT2D eigenvalue weighted by Gasteiger charge is -2.39. The standard InChI is InChI=1S/C27H24ClFN2O2/c28-23-7-3-2-6-22(23)27(33)15-17-30(18-16-27)26(32)20-9-12-21(13-10-20)31-24-8-4-1-5-19(24)11-14-25(31)29/h1-14,25,33H,15-18H2. The summed E-state index contributed by atoms with van der Waals surface area (Å²) in [6.07, 6.45) is 2.87. The Bertz CT molecular complexity index is 1200. The molecule has 3 aromatic rings. The third-order valence-corrected chi connectivity index (χ3v) is 6.85. The summed E-state index contributed by atoms with van der Waals surface area (Å²) in [6, 6.07) is 22.0. The fourth-order valence-electron chi connectivity index (χ4n) is 4.67. The molecule has 0 bridgehead atoms. The molecule has 1 N–H and O–H groups in total. The van der Waals surface area contributed by atoms with Crippen molar-refractivity contribution in [2.24, 2.45) is 0 Å². The number of fused-ring (bicyclic) bond motifs is 1. The van der Waals surface area contributed by atoms with E-state index in [9.17, 15) is 14.3 Å². The van der Waals surface area contributed by atoms with Gasteiger partial charge in [-0.05, 0) is 60.9 Å². The first-order chi connectivity index (χ1) is 16.0. The van der Waals surface area contributed by atoms with Gasteiger partial charge in [0.25, 0.3) is 5.91 Å². The quantitative estimate of drug-likeness (QED) is 0.491. The molecule has 0 saturated carbocycles. The predicted molar refractivity (Wildman–Crippen MR) is 129 cm³/mol. The number of anilines is 2. The van der Waals surface area contributed by atoms with Gasteiger partial charge in [0.2, 0.25) is 0 Å². The topological polar surface area (TPSA) is 43.8 Å². The number of hydrogen-bond acceptors (Lipinski definition) is 3. The zero-order valence-corrected chi connectivity index (χ0v) is 18.8. The number of likely N-dealkylation sites (tertiary alicyclic amines) is 1. The van der Waals surface area contributed by atoms with Crippen LogP contribution in [-0.2, 0) is 5.60 Å². The number of aliphatic hydroxyl groups is 1. The number of nitrogens with zero attached hydrogens (tertiary/aromatic N) is 2. The second-order valence-electron chi connectivity index (χ2n) is 8.51. The minimum absolute atomic E-state index is 0.0986. The maximum atomic E-state index is 14.7. The second kappa shape index (κ2) is 8.65. The summed E-state index contributed by atoms with van der Waals surface area (Å²) in [7, 11) is 0. The molecule has 1 amide bonds. The molecule has 168 valence electrons. The molecule has 5 rings (SSSR count). The van der Waals surface area contributed by atoms with Crippen molar-refractivity contribution < 1.29 is 14.3 Å². The number of amides is 1. The number of piperidine rings is 1. The van der Waals surface area contributed by atoms with E-state index in [-0.39, 0.29) is 5.91 Å². The number of para-hydroxylation sites is 1. The van der Waals surface area contributed by atoms with Crippen molar-refractivity contribution in [3.63, 3.8) is 0 Å². The normalized spacial score (nSPS) is 19.3. The van der Waals surface area contributed by atoms with E-state index in [0.717, 1.165) is 11.3 Å². The van der Waals surface area contributed by atoms with E-state index in [1.165, 1.54) is 6.08 Å². The van der Waals surface area contributed by atoms with Crippen LogP contribution in [0.25, 0.3) is 6.08 Å². The molecule has 1 unspecified atom stereocenters. The third-order valence-electron chi connectivity index (χ3n) is 6.52. The summed E-state index contributed by atoms with van der Waals surface area (Å²) in [5.74, 6) is -0.0986. The van der Waals surface area contributed by atoms with Gasteiger partial charge in [-0.1, -0.05) is 54.1 Å². The zero-order valence-electron chi connectivity index (χ0n) is 18.0. The van der Waals surface area contributed by atoms with Gasteiger partial charge >= 0.3 is 0 Å². The lowest BCUT2D eigenvalue weighted by molar-refractivity contribution is -0.0210. The molecule has 6 heteroatoms. The van der Waals surface area contributed by atoms with Crippen LogP contribution in [0, 0.1) is 0 Å². The Kier molecular flexibility index (Phi) is 5.69. The molecule has 0 radical (unpaired) electrons. The Morgan fingerprint density at radius 1 is 0.970 bits per heavy atom. The summed E-state index contributed by atoms with van der Waals surface area (Å²) in [5.41, 5.74) is 2.64. The van der Waals surface area contributed by atoms with E-state index in [4.69, 9.17) is 11.6 Å². The molecule has 0 aliphatic carbocycles. The molecule has 1 fully saturated rings. The molecule has 1 atom stereocenters. The summed E-state index contributed by atoms with van der Waals surface area (Å²) < 4.78 is 14.7. The fraction of sp³-hybridized carbons (Fsp3) is 0.222. The van der Waals surface area contributed by atoms with Gasteiger partial charge in [0, 0.05) is 34.9 Å². The van der Waals surface area contributed by atoms with Crippen molar-refractivity contribution in [1.29, 1.82) is 0 Å². The number of alkyl halides is 1. The average molecular weight is 463 g/mol. The number of benzene rings is 3. The first-order valence-corrected chi connectivity index (χ1v) is 11.4. The molecule has 0 aromatic heterocycles. The maximum Gasteiger partial charge on any atom is 0.253 e. The number of carbonyl (C=O) groups excluding carboxylic acids is 1. The smallest absolute Gasteiger partial charge is 0.253 e. The SMILES string of the molecule is O=C(c1ccc(N2c3ccccc3C=CC2F)cc1)N1CCC(O)(c2ccccc2Cl)CC1. The fourth-order valence-corrected chi connectivity index (χ4v) is 4.98. The highest BCUT2D eigenvalue weighted by Gasteiger charge is 2.37. The summed E-state index contributed by atoms with van der Waals surface area (Å²) in [6.45, 7) is 0.859. The first kappa shape index (κ1) is 21.7. The van der Waals surface area contributed by atoms with E-state index >= 15 is 0 Å². The molecule has 2 heterocycles. The predicted octanol–water partition coefficient (Wildman–Crippen LogP) is 5.92. The van der Waals surface area contributed by atoms with E-state index in [0.29, 0.717) is 47.8 Å². The molecule has 1 saturated heterocycles. The van der Waals surface area contributed by atoms with Gasteiger partial charge in [-0.3, -0.25) is 4.79 Å².